The summed E-state index contributed by atoms with van der Waals surface area (Å²) in [6, 6.07) is 7.77. The van der Waals surface area contributed by atoms with Crippen LogP contribution in [0.3, 0.4) is 0 Å². The molecule has 2 aromatic rings. The minimum absolute atomic E-state index is 0.501. The Bertz CT molecular complexity index is 566. The fourth-order valence-corrected chi connectivity index (χ4v) is 3.15. The average molecular weight is 242 g/mol. The highest BCUT2D eigenvalue weighted by Gasteiger charge is 2.24. The zero-order chi connectivity index (χ0) is 12.7. The Labute approximate surface area is 109 Å². The Balaban J connectivity index is 2.09. The molecule has 2 N–H and O–H groups in total. The molecular weight excluding hydrogens is 220 g/mol. The molecular formula is C16H22N2. The molecule has 0 radical (unpaired) electrons. The molecule has 2 nitrogen and oxygen atoms in total. The predicted molar refractivity (Wildman–Crippen MR) is 77.0 cm³/mol. The average Bonchev–Trinajstić information content (AvgIpc) is 2.68. The number of rotatable bonds is 2. The fraction of sp³-hybridized carbons (Fsp3) is 0.500. The summed E-state index contributed by atoms with van der Waals surface area (Å²) >= 11 is 0. The molecule has 1 atom stereocenters. The SMILES string of the molecule is Cc1ccc2[nH]c3c(c2c1)CCCC3NC(C)C. The van der Waals surface area contributed by atoms with Gasteiger partial charge in [-0.25, -0.2) is 0 Å². The van der Waals surface area contributed by atoms with Gasteiger partial charge in [-0.2, -0.15) is 0 Å². The van der Waals surface area contributed by atoms with E-state index in [1.165, 1.54) is 47.0 Å². The molecule has 1 aliphatic rings. The van der Waals surface area contributed by atoms with Gasteiger partial charge in [-0.15, -0.1) is 0 Å². The minimum atomic E-state index is 0.501. The molecule has 0 saturated heterocycles. The summed E-state index contributed by atoms with van der Waals surface area (Å²) in [5.74, 6) is 0. The van der Waals surface area contributed by atoms with Crippen LogP contribution in [0.25, 0.3) is 10.9 Å². The summed E-state index contributed by atoms with van der Waals surface area (Å²) in [5.41, 5.74) is 5.61. The molecule has 0 spiro atoms. The monoisotopic (exact) mass is 242 g/mol. The van der Waals surface area contributed by atoms with Crippen molar-refractivity contribution in [3.05, 3.63) is 35.0 Å². The van der Waals surface area contributed by atoms with Crippen LogP contribution >= 0.6 is 0 Å². The molecule has 0 amide bonds. The molecule has 0 aliphatic heterocycles. The molecule has 1 aromatic heterocycles. The fourth-order valence-electron chi connectivity index (χ4n) is 3.15. The van der Waals surface area contributed by atoms with Crippen LogP contribution in [0.1, 0.15) is 49.6 Å². The minimum Gasteiger partial charge on any atom is -0.357 e. The third kappa shape index (κ3) is 1.95. The first-order valence-corrected chi connectivity index (χ1v) is 7.02. The van der Waals surface area contributed by atoms with Crippen molar-refractivity contribution in [3.63, 3.8) is 0 Å². The van der Waals surface area contributed by atoms with Crippen molar-refractivity contribution >= 4 is 10.9 Å². The molecule has 1 aliphatic carbocycles. The van der Waals surface area contributed by atoms with Crippen LogP contribution in [0.15, 0.2) is 18.2 Å². The van der Waals surface area contributed by atoms with Crippen LogP contribution in [0.5, 0.6) is 0 Å². The third-order valence-electron chi connectivity index (χ3n) is 3.90. The first-order chi connectivity index (χ1) is 8.65. The van der Waals surface area contributed by atoms with E-state index >= 15 is 0 Å². The maximum Gasteiger partial charge on any atom is 0.0478 e. The van der Waals surface area contributed by atoms with E-state index in [4.69, 9.17) is 0 Å². The standard InChI is InChI=1S/C16H22N2/c1-10(2)17-15-6-4-5-12-13-9-11(3)7-8-14(13)18-16(12)15/h7-10,15,17-18H,4-6H2,1-3H3. The largest absolute Gasteiger partial charge is 0.357 e. The lowest BCUT2D eigenvalue weighted by atomic mass is 9.91. The highest BCUT2D eigenvalue weighted by atomic mass is 15.0. The second-order valence-corrected chi connectivity index (χ2v) is 5.83. The number of aromatic nitrogens is 1. The zero-order valence-corrected chi connectivity index (χ0v) is 11.5. The van der Waals surface area contributed by atoms with Gasteiger partial charge in [0.15, 0.2) is 0 Å². The summed E-state index contributed by atoms with van der Waals surface area (Å²) in [6.07, 6.45) is 3.75. The van der Waals surface area contributed by atoms with Gasteiger partial charge in [0.25, 0.3) is 0 Å². The summed E-state index contributed by atoms with van der Waals surface area (Å²) in [7, 11) is 0. The molecule has 3 rings (SSSR count). The molecule has 96 valence electrons. The Morgan fingerprint density at radius 1 is 1.33 bits per heavy atom. The van der Waals surface area contributed by atoms with Crippen molar-refractivity contribution in [1.29, 1.82) is 0 Å². The first kappa shape index (κ1) is 11.8. The highest BCUT2D eigenvalue weighted by molar-refractivity contribution is 5.85. The van der Waals surface area contributed by atoms with E-state index < -0.39 is 0 Å². The van der Waals surface area contributed by atoms with Crippen LogP contribution in [-0.4, -0.2) is 11.0 Å². The topological polar surface area (TPSA) is 27.8 Å². The molecule has 0 fully saturated rings. The molecule has 1 heterocycles. The van der Waals surface area contributed by atoms with Crippen molar-refractivity contribution in [1.82, 2.24) is 10.3 Å². The number of H-pyrrole nitrogens is 1. The van der Waals surface area contributed by atoms with Crippen LogP contribution < -0.4 is 5.32 Å². The Hall–Kier alpha value is -1.28. The number of hydrogen-bond acceptors (Lipinski definition) is 1. The lowest BCUT2D eigenvalue weighted by Crippen LogP contribution is -2.30. The molecule has 0 bridgehead atoms. The van der Waals surface area contributed by atoms with Gasteiger partial charge in [0.1, 0.15) is 0 Å². The van der Waals surface area contributed by atoms with Gasteiger partial charge in [-0.05, 0) is 43.9 Å². The van der Waals surface area contributed by atoms with Crippen molar-refractivity contribution in [2.75, 3.05) is 0 Å². The number of nitrogens with one attached hydrogen (secondary N) is 2. The van der Waals surface area contributed by atoms with Gasteiger partial charge in [0.2, 0.25) is 0 Å². The van der Waals surface area contributed by atoms with Crippen LogP contribution in [0, 0.1) is 6.92 Å². The second kappa shape index (κ2) is 4.43. The lowest BCUT2D eigenvalue weighted by molar-refractivity contribution is 0.417. The maximum atomic E-state index is 3.68. The molecule has 1 aromatic carbocycles. The van der Waals surface area contributed by atoms with Crippen LogP contribution in [-0.2, 0) is 6.42 Å². The number of aromatic amines is 1. The quantitative estimate of drug-likeness (QED) is 0.822. The normalized spacial score (nSPS) is 19.4. The van der Waals surface area contributed by atoms with Crippen molar-refractivity contribution in [2.24, 2.45) is 0 Å². The van der Waals surface area contributed by atoms with Crippen molar-refractivity contribution in [3.8, 4) is 0 Å². The number of benzene rings is 1. The zero-order valence-electron chi connectivity index (χ0n) is 11.5. The van der Waals surface area contributed by atoms with E-state index in [-0.39, 0.29) is 0 Å². The number of hydrogen-bond donors (Lipinski definition) is 2. The highest BCUT2D eigenvalue weighted by Crippen LogP contribution is 2.35. The molecule has 1 unspecified atom stereocenters. The first-order valence-electron chi connectivity index (χ1n) is 7.02. The summed E-state index contributed by atoms with van der Waals surface area (Å²) in [5, 5.41) is 5.11. The maximum absolute atomic E-state index is 3.68. The van der Waals surface area contributed by atoms with Crippen LogP contribution in [0.4, 0.5) is 0 Å². The third-order valence-corrected chi connectivity index (χ3v) is 3.90. The summed E-state index contributed by atoms with van der Waals surface area (Å²) in [4.78, 5) is 3.64. The lowest BCUT2D eigenvalue weighted by Gasteiger charge is -2.25. The smallest absolute Gasteiger partial charge is 0.0478 e. The summed E-state index contributed by atoms with van der Waals surface area (Å²) in [6.45, 7) is 6.62. The second-order valence-electron chi connectivity index (χ2n) is 5.83. The van der Waals surface area contributed by atoms with Gasteiger partial charge in [-0.3, -0.25) is 0 Å². The van der Waals surface area contributed by atoms with E-state index in [1.807, 2.05) is 0 Å². The Morgan fingerprint density at radius 2 is 2.17 bits per heavy atom. The van der Waals surface area contributed by atoms with Crippen molar-refractivity contribution < 1.29 is 0 Å². The molecule has 2 heteroatoms. The van der Waals surface area contributed by atoms with Gasteiger partial charge < -0.3 is 10.3 Å². The van der Waals surface area contributed by atoms with E-state index in [0.717, 1.165) is 0 Å². The van der Waals surface area contributed by atoms with E-state index in [9.17, 15) is 0 Å². The van der Waals surface area contributed by atoms with E-state index in [1.54, 1.807) is 0 Å². The molecule has 18 heavy (non-hydrogen) atoms. The van der Waals surface area contributed by atoms with Gasteiger partial charge in [0, 0.05) is 28.7 Å². The Kier molecular flexibility index (Phi) is 2.90. The van der Waals surface area contributed by atoms with Crippen LogP contribution in [0.2, 0.25) is 0 Å². The summed E-state index contributed by atoms with van der Waals surface area (Å²) < 4.78 is 0. The predicted octanol–water partition coefficient (Wildman–Crippen LogP) is 3.85. The van der Waals surface area contributed by atoms with Gasteiger partial charge >= 0.3 is 0 Å². The number of fused-ring (bicyclic) bond motifs is 3. The van der Waals surface area contributed by atoms with Gasteiger partial charge in [0.05, 0.1) is 0 Å². The van der Waals surface area contributed by atoms with Crippen molar-refractivity contribution in [2.45, 2.75) is 52.1 Å². The number of aryl methyl sites for hydroxylation is 2. The van der Waals surface area contributed by atoms with Gasteiger partial charge in [-0.1, -0.05) is 25.5 Å². The Morgan fingerprint density at radius 3 is 2.94 bits per heavy atom. The molecule has 0 saturated carbocycles. The van der Waals surface area contributed by atoms with E-state index in [0.29, 0.717) is 12.1 Å². The van der Waals surface area contributed by atoms with E-state index in [2.05, 4.69) is 49.3 Å².